The maximum atomic E-state index is 9.10. The number of halogens is 1. The van der Waals surface area contributed by atoms with Crippen LogP contribution in [0, 0.1) is 17.2 Å². The van der Waals surface area contributed by atoms with E-state index in [1.165, 1.54) is 0 Å². The Morgan fingerprint density at radius 1 is 1.35 bits per heavy atom. The predicted octanol–water partition coefficient (Wildman–Crippen LogP) is 4.81. The monoisotopic (exact) mass is 289 g/mol. The number of imidazole rings is 1. The van der Waals surface area contributed by atoms with Crippen LogP contribution in [0.4, 0.5) is 0 Å². The highest BCUT2D eigenvalue weighted by Crippen LogP contribution is 2.33. The first-order chi connectivity index (χ1) is 9.49. The molecule has 0 radical (unpaired) electrons. The van der Waals surface area contributed by atoms with E-state index in [-0.39, 0.29) is 5.38 Å². The van der Waals surface area contributed by atoms with Crippen molar-refractivity contribution < 1.29 is 0 Å². The molecule has 2 atom stereocenters. The number of rotatable bonds is 4. The van der Waals surface area contributed by atoms with Gasteiger partial charge in [-0.1, -0.05) is 20.8 Å². The first-order valence-corrected chi connectivity index (χ1v) is 7.49. The average molecular weight is 290 g/mol. The number of nitrogens with zero attached hydrogens (tertiary/aromatic N) is 3. The van der Waals surface area contributed by atoms with Crippen LogP contribution in [0.2, 0.25) is 0 Å². The Bertz CT molecular complexity index is 650. The van der Waals surface area contributed by atoms with Crippen molar-refractivity contribution in [3.63, 3.8) is 0 Å². The Hall–Kier alpha value is -1.53. The minimum atomic E-state index is -0.152. The molecule has 3 nitrogen and oxygen atoms in total. The summed E-state index contributed by atoms with van der Waals surface area (Å²) in [5.74, 6) is 1.37. The number of aromatic nitrogens is 2. The van der Waals surface area contributed by atoms with E-state index in [1.54, 1.807) is 6.07 Å². The summed E-state index contributed by atoms with van der Waals surface area (Å²) in [6.45, 7) is 8.53. The van der Waals surface area contributed by atoms with Crippen molar-refractivity contribution in [3.05, 3.63) is 29.6 Å². The zero-order chi connectivity index (χ0) is 14.9. The lowest BCUT2D eigenvalue weighted by Gasteiger charge is -2.24. The van der Waals surface area contributed by atoms with Gasteiger partial charge in [0.1, 0.15) is 5.82 Å². The number of hydrogen-bond acceptors (Lipinski definition) is 2. The minimum Gasteiger partial charge on any atom is -0.323 e. The highest BCUT2D eigenvalue weighted by molar-refractivity contribution is 6.20. The van der Waals surface area contributed by atoms with Gasteiger partial charge in [0.25, 0.3) is 0 Å². The zero-order valence-corrected chi connectivity index (χ0v) is 13.1. The fraction of sp³-hybridized carbons (Fsp3) is 0.500. The number of fused-ring (bicyclic) bond motifs is 1. The van der Waals surface area contributed by atoms with Gasteiger partial charge in [-0.2, -0.15) is 5.26 Å². The molecule has 0 fully saturated rings. The lowest BCUT2D eigenvalue weighted by atomic mass is 10.0. The van der Waals surface area contributed by atoms with Crippen molar-refractivity contribution in [3.8, 4) is 6.07 Å². The van der Waals surface area contributed by atoms with Crippen LogP contribution in [-0.4, -0.2) is 9.55 Å². The average Bonchev–Trinajstić information content (AvgIpc) is 2.78. The molecule has 20 heavy (non-hydrogen) atoms. The summed E-state index contributed by atoms with van der Waals surface area (Å²) in [5, 5.41) is 8.95. The largest absolute Gasteiger partial charge is 0.323 e. The normalized spacial score (nSPS) is 14.4. The van der Waals surface area contributed by atoms with Crippen molar-refractivity contribution in [2.24, 2.45) is 5.92 Å². The molecule has 2 rings (SSSR count). The molecule has 0 saturated carbocycles. The van der Waals surface area contributed by atoms with Crippen molar-refractivity contribution in [2.75, 3.05) is 0 Å². The van der Waals surface area contributed by atoms with E-state index in [0.29, 0.717) is 17.5 Å². The van der Waals surface area contributed by atoms with Crippen molar-refractivity contribution in [1.29, 1.82) is 5.26 Å². The van der Waals surface area contributed by atoms with Crippen LogP contribution in [0.3, 0.4) is 0 Å². The third kappa shape index (κ3) is 2.53. The van der Waals surface area contributed by atoms with Crippen molar-refractivity contribution in [1.82, 2.24) is 9.55 Å². The standard InChI is InChI=1S/C16H20ClN3/c1-5-14(10(2)3)20-15-8-12(9-18)6-7-13(15)19-16(20)11(4)17/h6-8,10-11,14H,5H2,1-4H3. The third-order valence-corrected chi connectivity index (χ3v) is 3.92. The van der Waals surface area contributed by atoms with E-state index in [9.17, 15) is 0 Å². The van der Waals surface area contributed by atoms with Crippen molar-refractivity contribution >= 4 is 22.6 Å². The van der Waals surface area contributed by atoms with Gasteiger partial charge in [-0.05, 0) is 37.5 Å². The smallest absolute Gasteiger partial charge is 0.127 e. The Morgan fingerprint density at radius 2 is 2.05 bits per heavy atom. The molecule has 1 aromatic carbocycles. The Labute approximate surface area is 125 Å². The number of alkyl halides is 1. The second kappa shape index (κ2) is 5.85. The quantitative estimate of drug-likeness (QED) is 0.758. The van der Waals surface area contributed by atoms with Gasteiger partial charge in [-0.25, -0.2) is 4.98 Å². The van der Waals surface area contributed by atoms with Crippen LogP contribution in [-0.2, 0) is 0 Å². The van der Waals surface area contributed by atoms with E-state index in [1.807, 2.05) is 19.1 Å². The summed E-state index contributed by atoms with van der Waals surface area (Å²) in [7, 11) is 0. The molecular formula is C16H20ClN3. The number of nitriles is 1. The second-order valence-corrected chi connectivity index (χ2v) is 6.15. The summed E-state index contributed by atoms with van der Waals surface area (Å²) < 4.78 is 2.22. The molecule has 1 heterocycles. The molecule has 0 saturated heterocycles. The van der Waals surface area contributed by atoms with Gasteiger partial charge in [0.05, 0.1) is 28.0 Å². The molecule has 0 bridgehead atoms. The molecule has 1 aromatic heterocycles. The van der Waals surface area contributed by atoms with Gasteiger partial charge in [-0.15, -0.1) is 11.6 Å². The first-order valence-electron chi connectivity index (χ1n) is 7.05. The maximum absolute atomic E-state index is 9.10. The molecule has 0 aliphatic rings. The van der Waals surface area contributed by atoms with Crippen LogP contribution >= 0.6 is 11.6 Å². The summed E-state index contributed by atoms with van der Waals surface area (Å²) >= 11 is 6.31. The molecule has 2 unspecified atom stereocenters. The summed E-state index contributed by atoms with van der Waals surface area (Å²) in [5.41, 5.74) is 2.57. The fourth-order valence-corrected chi connectivity index (χ4v) is 2.92. The maximum Gasteiger partial charge on any atom is 0.127 e. The Morgan fingerprint density at radius 3 is 2.55 bits per heavy atom. The topological polar surface area (TPSA) is 41.6 Å². The molecule has 2 aromatic rings. The summed E-state index contributed by atoms with van der Waals surface area (Å²) in [6.07, 6.45) is 1.01. The van der Waals surface area contributed by atoms with Crippen LogP contribution in [0.1, 0.15) is 56.9 Å². The fourth-order valence-electron chi connectivity index (χ4n) is 2.76. The molecular weight excluding hydrogens is 270 g/mol. The molecule has 0 aliphatic heterocycles. The van der Waals surface area contributed by atoms with Crippen LogP contribution in [0.25, 0.3) is 11.0 Å². The van der Waals surface area contributed by atoms with Gasteiger partial charge in [0.2, 0.25) is 0 Å². The first kappa shape index (κ1) is 14.9. The van der Waals surface area contributed by atoms with Crippen LogP contribution < -0.4 is 0 Å². The van der Waals surface area contributed by atoms with E-state index < -0.39 is 0 Å². The molecule has 0 spiro atoms. The van der Waals surface area contributed by atoms with Gasteiger partial charge in [0.15, 0.2) is 0 Å². The third-order valence-electron chi connectivity index (χ3n) is 3.72. The van der Waals surface area contributed by atoms with Crippen LogP contribution in [0.15, 0.2) is 18.2 Å². The SMILES string of the molecule is CCC(C(C)C)n1c(C(C)Cl)nc2ccc(C#N)cc21. The molecule has 0 aliphatic carbocycles. The highest BCUT2D eigenvalue weighted by Gasteiger charge is 2.23. The number of benzene rings is 1. The van der Waals surface area contributed by atoms with Gasteiger partial charge < -0.3 is 4.57 Å². The zero-order valence-electron chi connectivity index (χ0n) is 12.4. The summed E-state index contributed by atoms with van der Waals surface area (Å²) in [6, 6.07) is 8.16. The van der Waals surface area contributed by atoms with E-state index in [4.69, 9.17) is 16.9 Å². The highest BCUT2D eigenvalue weighted by atomic mass is 35.5. The molecule has 4 heteroatoms. The molecule has 0 N–H and O–H groups in total. The van der Waals surface area contributed by atoms with Crippen molar-refractivity contribution in [2.45, 2.75) is 45.5 Å². The lowest BCUT2D eigenvalue weighted by Crippen LogP contribution is -2.17. The molecule has 106 valence electrons. The lowest BCUT2D eigenvalue weighted by molar-refractivity contribution is 0.364. The van der Waals surface area contributed by atoms with Crippen LogP contribution in [0.5, 0.6) is 0 Å². The van der Waals surface area contributed by atoms with E-state index in [2.05, 4.69) is 36.4 Å². The minimum absolute atomic E-state index is 0.152. The predicted molar refractivity (Wildman–Crippen MR) is 82.9 cm³/mol. The molecule has 0 amide bonds. The van der Waals surface area contributed by atoms with E-state index in [0.717, 1.165) is 23.3 Å². The summed E-state index contributed by atoms with van der Waals surface area (Å²) in [4.78, 5) is 4.66. The number of hydrogen-bond donors (Lipinski definition) is 0. The Kier molecular flexibility index (Phi) is 4.35. The van der Waals surface area contributed by atoms with E-state index >= 15 is 0 Å². The second-order valence-electron chi connectivity index (χ2n) is 5.49. The van der Waals surface area contributed by atoms with Gasteiger partial charge >= 0.3 is 0 Å². The van der Waals surface area contributed by atoms with Gasteiger partial charge in [-0.3, -0.25) is 0 Å². The van der Waals surface area contributed by atoms with Gasteiger partial charge in [0, 0.05) is 6.04 Å². The Balaban J connectivity index is 2.75.